The van der Waals surface area contributed by atoms with Gasteiger partial charge in [-0.15, -0.1) is 17.2 Å². The average Bonchev–Trinajstić information content (AvgIpc) is 2.66. The molecule has 1 heterocycles. The molecule has 2 rings (SSSR count). The van der Waals surface area contributed by atoms with Crippen molar-refractivity contribution >= 4 is 7.82 Å². The Morgan fingerprint density at radius 3 is 2.58 bits per heavy atom. The van der Waals surface area contributed by atoms with E-state index in [-0.39, 0.29) is 25.2 Å². The first-order valence-electron chi connectivity index (χ1n) is 5.07. The number of rotatable bonds is 3. The first-order valence-corrected chi connectivity index (χ1v) is 6.60. The molecule has 0 amide bonds. The number of nitrogens with zero attached hydrogens (tertiary/aromatic N) is 1. The van der Waals surface area contributed by atoms with Gasteiger partial charge in [-0.05, 0) is 18.7 Å². The van der Waals surface area contributed by atoms with Gasteiger partial charge >= 0.3 is 7.82 Å². The van der Waals surface area contributed by atoms with Gasteiger partial charge in [0, 0.05) is 25.2 Å². The Bertz CT molecular complexity index is 621. The topological polar surface area (TPSA) is 92.8 Å². The van der Waals surface area contributed by atoms with Crippen LogP contribution in [0.15, 0.2) is 22.7 Å². The number of phosphoric ester groups is 1. The average molecular weight is 371 g/mol. The van der Waals surface area contributed by atoms with Crippen LogP contribution in [0.1, 0.15) is 11.3 Å². The number of hydrogen-bond acceptors (Lipinski definition) is 4. The fraction of sp³-hybridized carbons (Fsp3) is 0.182. The Hall–Kier alpha value is -0.997. The van der Waals surface area contributed by atoms with Crippen molar-refractivity contribution in [3.8, 4) is 16.9 Å². The molecule has 8 heteroatoms. The Morgan fingerprint density at radius 2 is 2.05 bits per heavy atom. The van der Waals surface area contributed by atoms with Gasteiger partial charge in [0.1, 0.15) is 5.75 Å². The van der Waals surface area contributed by atoms with Crippen LogP contribution in [0, 0.1) is 20.0 Å². The zero-order valence-electron chi connectivity index (χ0n) is 10.1. The minimum atomic E-state index is -4.57. The molecule has 1 aromatic heterocycles. The smallest absolute Gasteiger partial charge is 0.435 e. The standard InChI is InChI=1S/C11H11NO5P.Rh/c1-7-3-4-9(10-6-12-16-8(10)2)5-11(7)17-18(13,14)15;/h3-5H,1-2H3,(H2,13,14,15);/q-1;. The van der Waals surface area contributed by atoms with Crippen molar-refractivity contribution < 1.29 is 42.9 Å². The van der Waals surface area contributed by atoms with E-state index in [4.69, 9.17) is 14.3 Å². The van der Waals surface area contributed by atoms with Crippen LogP contribution in [0.3, 0.4) is 0 Å². The van der Waals surface area contributed by atoms with Gasteiger partial charge in [0.15, 0.2) is 0 Å². The first kappa shape index (κ1) is 16.1. The quantitative estimate of drug-likeness (QED) is 0.488. The zero-order valence-corrected chi connectivity index (χ0v) is 12.6. The number of phosphoric acid groups is 1. The van der Waals surface area contributed by atoms with Crippen LogP contribution < -0.4 is 4.52 Å². The first-order chi connectivity index (χ1) is 8.37. The number of aryl methyl sites for hydroxylation is 2. The molecule has 0 spiro atoms. The van der Waals surface area contributed by atoms with Crippen LogP contribution >= 0.6 is 7.82 Å². The van der Waals surface area contributed by atoms with E-state index in [1.807, 2.05) is 0 Å². The molecule has 0 aliphatic heterocycles. The third-order valence-electron chi connectivity index (χ3n) is 2.39. The summed E-state index contributed by atoms with van der Waals surface area (Å²) in [4.78, 5) is 17.6. The molecule has 105 valence electrons. The molecule has 1 aromatic carbocycles. The normalized spacial score (nSPS) is 10.9. The Morgan fingerprint density at radius 1 is 1.37 bits per heavy atom. The van der Waals surface area contributed by atoms with Gasteiger partial charge in [-0.1, -0.05) is 19.1 Å². The third kappa shape index (κ3) is 3.98. The predicted molar refractivity (Wildman–Crippen MR) is 62.9 cm³/mol. The maximum absolute atomic E-state index is 10.9. The van der Waals surface area contributed by atoms with Crippen LogP contribution in [-0.4, -0.2) is 14.9 Å². The van der Waals surface area contributed by atoms with Gasteiger partial charge in [0.25, 0.3) is 0 Å². The number of benzene rings is 1. The zero-order chi connectivity index (χ0) is 13.3. The molecule has 2 aromatic rings. The monoisotopic (exact) mass is 371 g/mol. The van der Waals surface area contributed by atoms with Crippen molar-refractivity contribution in [2.45, 2.75) is 13.8 Å². The van der Waals surface area contributed by atoms with E-state index in [2.05, 4.69) is 15.9 Å². The van der Waals surface area contributed by atoms with E-state index < -0.39 is 7.82 Å². The van der Waals surface area contributed by atoms with Gasteiger partial charge in [-0.2, -0.15) is 5.16 Å². The van der Waals surface area contributed by atoms with Crippen molar-refractivity contribution in [3.05, 3.63) is 35.7 Å². The Balaban J connectivity index is 0.00000180. The second-order valence-electron chi connectivity index (χ2n) is 3.79. The second kappa shape index (κ2) is 5.97. The molecule has 0 saturated heterocycles. The minimum absolute atomic E-state index is 0. The molecule has 0 bridgehead atoms. The van der Waals surface area contributed by atoms with Crippen LogP contribution in [0.4, 0.5) is 0 Å². The van der Waals surface area contributed by atoms with Crippen LogP contribution in [0.5, 0.6) is 5.75 Å². The van der Waals surface area contributed by atoms with Crippen molar-refractivity contribution in [2.24, 2.45) is 0 Å². The maximum Gasteiger partial charge on any atom is 0.524 e. The molecular weight excluding hydrogens is 360 g/mol. The van der Waals surface area contributed by atoms with Crippen LogP contribution in [0.25, 0.3) is 11.1 Å². The maximum atomic E-state index is 10.9. The van der Waals surface area contributed by atoms with Gasteiger partial charge in [-0.25, -0.2) is 4.57 Å². The molecule has 0 fully saturated rings. The molecule has 0 aliphatic rings. The molecule has 0 saturated carbocycles. The predicted octanol–water partition coefficient (Wildman–Crippen LogP) is 2.23. The van der Waals surface area contributed by atoms with E-state index in [1.54, 1.807) is 26.0 Å². The summed E-state index contributed by atoms with van der Waals surface area (Å²) in [6.07, 6.45) is 2.66. The molecule has 1 radical (unpaired) electrons. The molecule has 19 heavy (non-hydrogen) atoms. The van der Waals surface area contributed by atoms with Crippen LogP contribution in [0.2, 0.25) is 0 Å². The van der Waals surface area contributed by atoms with Crippen molar-refractivity contribution in [3.63, 3.8) is 0 Å². The fourth-order valence-corrected chi connectivity index (χ4v) is 1.96. The van der Waals surface area contributed by atoms with Gasteiger partial charge in [-0.3, -0.25) is 9.79 Å². The molecule has 2 N–H and O–H groups in total. The largest absolute Gasteiger partial charge is 0.524 e. The van der Waals surface area contributed by atoms with Crippen molar-refractivity contribution in [2.75, 3.05) is 0 Å². The summed E-state index contributed by atoms with van der Waals surface area (Å²) < 4.78 is 20.4. The third-order valence-corrected chi connectivity index (χ3v) is 2.82. The van der Waals surface area contributed by atoms with Crippen LogP contribution in [-0.2, 0) is 24.0 Å². The SMILES string of the molecule is Cc1ccc(-c2[c-]noc2C)cc1OP(=O)(O)O.[Rh]. The van der Waals surface area contributed by atoms with Crippen molar-refractivity contribution in [1.29, 1.82) is 0 Å². The molecule has 0 aliphatic carbocycles. The summed E-state index contributed by atoms with van der Waals surface area (Å²) in [7, 11) is -4.57. The van der Waals surface area contributed by atoms with Crippen molar-refractivity contribution in [1.82, 2.24) is 5.16 Å². The molecule has 0 atom stereocenters. The van der Waals surface area contributed by atoms with E-state index in [0.29, 0.717) is 22.5 Å². The summed E-state index contributed by atoms with van der Waals surface area (Å²) in [6, 6.07) is 4.99. The minimum Gasteiger partial charge on any atom is -0.435 e. The molecule has 0 unspecified atom stereocenters. The molecule has 6 nitrogen and oxygen atoms in total. The fourth-order valence-electron chi connectivity index (χ4n) is 1.51. The van der Waals surface area contributed by atoms with E-state index >= 15 is 0 Å². The molecular formula is C11H11NO5PRh-. The Labute approximate surface area is 122 Å². The van der Waals surface area contributed by atoms with E-state index in [1.165, 1.54) is 6.07 Å². The van der Waals surface area contributed by atoms with Gasteiger partial charge in [0.05, 0.1) is 0 Å². The number of aromatic nitrogens is 1. The Kier molecular flexibility index (Phi) is 5.05. The van der Waals surface area contributed by atoms with Gasteiger partial charge in [0.2, 0.25) is 0 Å². The summed E-state index contributed by atoms with van der Waals surface area (Å²) in [5.74, 6) is 0.691. The summed E-state index contributed by atoms with van der Waals surface area (Å²) >= 11 is 0. The van der Waals surface area contributed by atoms with E-state index in [0.717, 1.165) is 0 Å². The number of hydrogen-bond donors (Lipinski definition) is 2. The summed E-state index contributed by atoms with van der Waals surface area (Å²) in [5.41, 5.74) is 1.92. The summed E-state index contributed by atoms with van der Waals surface area (Å²) in [5, 5.41) is 3.53. The van der Waals surface area contributed by atoms with Gasteiger partial charge < -0.3 is 9.05 Å². The second-order valence-corrected chi connectivity index (χ2v) is 4.95. The summed E-state index contributed by atoms with van der Waals surface area (Å²) in [6.45, 7) is 3.42. The van der Waals surface area contributed by atoms with E-state index in [9.17, 15) is 4.57 Å².